The van der Waals surface area contributed by atoms with Gasteiger partial charge in [-0.05, 0) is 19.9 Å². The summed E-state index contributed by atoms with van der Waals surface area (Å²) < 4.78 is 5.10. The van der Waals surface area contributed by atoms with Crippen molar-refractivity contribution in [1.82, 2.24) is 4.98 Å². The molecule has 0 fully saturated rings. The summed E-state index contributed by atoms with van der Waals surface area (Å²) >= 11 is 0. The number of amidine groups is 1. The highest BCUT2D eigenvalue weighted by atomic mass is 16.5. The summed E-state index contributed by atoms with van der Waals surface area (Å²) in [6.45, 7) is 5.45. The van der Waals surface area contributed by atoms with Crippen molar-refractivity contribution < 1.29 is 9.94 Å². The molecule has 0 amide bonds. The molecule has 0 aromatic carbocycles. The van der Waals surface area contributed by atoms with Crippen molar-refractivity contribution in [3.8, 4) is 0 Å². The highest BCUT2D eigenvalue weighted by molar-refractivity contribution is 6.02. The first kappa shape index (κ1) is 14.2. The van der Waals surface area contributed by atoms with Gasteiger partial charge in [0.05, 0.1) is 18.5 Å². The fraction of sp³-hybridized carbons (Fsp3) is 0.500. The Balaban J connectivity index is 3.11. The number of oxime groups is 1. The molecule has 6 heteroatoms. The molecular formula is C12H20N4O2. The summed E-state index contributed by atoms with van der Waals surface area (Å²) in [7, 11) is 1.66. The number of ether oxygens (including phenoxy) is 1. The smallest absolute Gasteiger partial charge is 0.172 e. The molecule has 1 aromatic heterocycles. The maximum atomic E-state index is 8.81. The van der Waals surface area contributed by atoms with Crippen LogP contribution in [0.2, 0.25) is 0 Å². The Kier molecular flexibility index (Phi) is 5.38. The molecule has 1 aromatic rings. The van der Waals surface area contributed by atoms with Crippen LogP contribution in [0.15, 0.2) is 23.6 Å². The zero-order valence-electron chi connectivity index (χ0n) is 11.0. The largest absolute Gasteiger partial charge is 0.409 e. The minimum atomic E-state index is 0.0791. The molecule has 0 bridgehead atoms. The van der Waals surface area contributed by atoms with Crippen LogP contribution in [-0.4, -0.2) is 42.3 Å². The number of nitrogens with zero attached hydrogens (tertiary/aromatic N) is 3. The fourth-order valence-corrected chi connectivity index (χ4v) is 1.73. The van der Waals surface area contributed by atoms with Crippen LogP contribution < -0.4 is 10.6 Å². The van der Waals surface area contributed by atoms with Gasteiger partial charge in [0.25, 0.3) is 0 Å². The van der Waals surface area contributed by atoms with Gasteiger partial charge >= 0.3 is 0 Å². The summed E-state index contributed by atoms with van der Waals surface area (Å²) in [5, 5.41) is 11.9. The predicted molar refractivity (Wildman–Crippen MR) is 71.1 cm³/mol. The van der Waals surface area contributed by atoms with Gasteiger partial charge in [-0.1, -0.05) is 5.16 Å². The van der Waals surface area contributed by atoms with Gasteiger partial charge in [-0.15, -0.1) is 0 Å². The third kappa shape index (κ3) is 3.33. The number of hydrogen-bond acceptors (Lipinski definition) is 5. The average molecular weight is 252 g/mol. The Morgan fingerprint density at radius 3 is 2.89 bits per heavy atom. The van der Waals surface area contributed by atoms with Gasteiger partial charge < -0.3 is 20.6 Å². The lowest BCUT2D eigenvalue weighted by molar-refractivity contribution is 0.204. The van der Waals surface area contributed by atoms with E-state index in [4.69, 9.17) is 15.7 Å². The second-order valence-electron chi connectivity index (χ2n) is 4.16. The molecule has 0 aliphatic heterocycles. The third-order valence-electron chi connectivity index (χ3n) is 2.65. The van der Waals surface area contributed by atoms with Gasteiger partial charge in [-0.3, -0.25) is 4.98 Å². The number of rotatable bonds is 6. The molecule has 0 radical (unpaired) electrons. The molecule has 100 valence electrons. The van der Waals surface area contributed by atoms with Gasteiger partial charge in [0, 0.05) is 31.5 Å². The van der Waals surface area contributed by atoms with Crippen molar-refractivity contribution in [1.29, 1.82) is 0 Å². The van der Waals surface area contributed by atoms with E-state index >= 15 is 0 Å². The molecule has 1 heterocycles. The van der Waals surface area contributed by atoms with Gasteiger partial charge in [0.2, 0.25) is 0 Å². The minimum Gasteiger partial charge on any atom is -0.409 e. The van der Waals surface area contributed by atoms with Crippen molar-refractivity contribution in [3.63, 3.8) is 0 Å². The number of pyridine rings is 1. The van der Waals surface area contributed by atoms with E-state index in [-0.39, 0.29) is 11.9 Å². The molecule has 6 nitrogen and oxygen atoms in total. The average Bonchev–Trinajstić information content (AvgIpc) is 2.38. The molecule has 3 N–H and O–H groups in total. The van der Waals surface area contributed by atoms with Crippen molar-refractivity contribution >= 4 is 11.5 Å². The van der Waals surface area contributed by atoms with Crippen molar-refractivity contribution in [3.05, 3.63) is 24.0 Å². The molecular weight excluding hydrogens is 232 g/mol. The van der Waals surface area contributed by atoms with Crippen LogP contribution in [0, 0.1) is 0 Å². The second kappa shape index (κ2) is 6.80. The number of nitrogens with two attached hydrogens (primary N) is 1. The van der Waals surface area contributed by atoms with E-state index in [0.29, 0.717) is 18.7 Å². The summed E-state index contributed by atoms with van der Waals surface area (Å²) in [5.41, 5.74) is 7.17. The van der Waals surface area contributed by atoms with Crippen LogP contribution >= 0.6 is 0 Å². The SMILES string of the molecule is COCCN(c1cnccc1/C(N)=N/O)C(C)C. The quantitative estimate of drug-likeness (QED) is 0.342. The Bertz CT molecular complexity index is 407. The Morgan fingerprint density at radius 2 is 2.33 bits per heavy atom. The van der Waals surface area contributed by atoms with Crippen molar-refractivity contribution in [2.24, 2.45) is 10.9 Å². The first-order valence-electron chi connectivity index (χ1n) is 5.79. The Morgan fingerprint density at radius 1 is 1.61 bits per heavy atom. The standard InChI is InChI=1S/C12H20N4O2/c1-9(2)16(6-7-18-3)11-8-14-5-4-10(11)12(13)15-17/h4-5,8-9,17H,6-7H2,1-3H3,(H2,13,15). The first-order valence-corrected chi connectivity index (χ1v) is 5.79. The molecule has 0 spiro atoms. The first-order chi connectivity index (χ1) is 8.61. The molecule has 0 aliphatic rings. The van der Waals surface area contributed by atoms with Gasteiger partial charge in [-0.2, -0.15) is 0 Å². The lowest BCUT2D eigenvalue weighted by Crippen LogP contribution is -2.35. The zero-order chi connectivity index (χ0) is 13.5. The lowest BCUT2D eigenvalue weighted by Gasteiger charge is -2.30. The van der Waals surface area contributed by atoms with Crippen molar-refractivity contribution in [2.45, 2.75) is 19.9 Å². The Hall–Kier alpha value is -1.82. The summed E-state index contributed by atoms with van der Waals surface area (Å²) in [6.07, 6.45) is 3.33. The summed E-state index contributed by atoms with van der Waals surface area (Å²) in [6, 6.07) is 1.99. The lowest BCUT2D eigenvalue weighted by atomic mass is 10.1. The van der Waals surface area contributed by atoms with Crippen LogP contribution in [0.25, 0.3) is 0 Å². The van der Waals surface area contributed by atoms with E-state index in [1.165, 1.54) is 0 Å². The number of anilines is 1. The van der Waals surface area contributed by atoms with Crippen LogP contribution in [0.4, 0.5) is 5.69 Å². The monoisotopic (exact) mass is 252 g/mol. The fourth-order valence-electron chi connectivity index (χ4n) is 1.73. The number of aromatic nitrogens is 1. The van der Waals surface area contributed by atoms with E-state index in [2.05, 4.69) is 28.9 Å². The molecule has 0 saturated heterocycles. The minimum absolute atomic E-state index is 0.0791. The van der Waals surface area contributed by atoms with E-state index in [0.717, 1.165) is 5.69 Å². The van der Waals surface area contributed by atoms with Crippen LogP contribution in [0.1, 0.15) is 19.4 Å². The van der Waals surface area contributed by atoms with Crippen LogP contribution in [-0.2, 0) is 4.74 Å². The number of methoxy groups -OCH3 is 1. The maximum Gasteiger partial charge on any atom is 0.172 e. The van der Waals surface area contributed by atoms with E-state index in [1.54, 1.807) is 25.6 Å². The second-order valence-corrected chi connectivity index (χ2v) is 4.16. The summed E-state index contributed by atoms with van der Waals surface area (Å²) in [5.74, 6) is 0.0791. The van der Waals surface area contributed by atoms with Gasteiger partial charge in [-0.25, -0.2) is 0 Å². The molecule has 1 rings (SSSR count). The predicted octanol–water partition coefficient (Wildman–Crippen LogP) is 1.04. The highest BCUT2D eigenvalue weighted by Crippen LogP contribution is 2.21. The molecule has 0 unspecified atom stereocenters. The zero-order valence-corrected chi connectivity index (χ0v) is 11.0. The normalized spacial score (nSPS) is 11.9. The van der Waals surface area contributed by atoms with E-state index in [1.807, 2.05) is 0 Å². The Labute approximate surface area is 107 Å². The topological polar surface area (TPSA) is 84.0 Å². The molecule has 0 atom stereocenters. The van der Waals surface area contributed by atoms with Crippen molar-refractivity contribution in [2.75, 3.05) is 25.2 Å². The molecule has 18 heavy (non-hydrogen) atoms. The third-order valence-corrected chi connectivity index (χ3v) is 2.65. The van der Waals surface area contributed by atoms with Crippen LogP contribution in [0.5, 0.6) is 0 Å². The van der Waals surface area contributed by atoms with Gasteiger partial charge in [0.1, 0.15) is 0 Å². The molecule has 0 saturated carbocycles. The number of hydrogen-bond donors (Lipinski definition) is 2. The highest BCUT2D eigenvalue weighted by Gasteiger charge is 2.16. The van der Waals surface area contributed by atoms with Crippen LogP contribution in [0.3, 0.4) is 0 Å². The van der Waals surface area contributed by atoms with Gasteiger partial charge in [0.15, 0.2) is 5.84 Å². The summed E-state index contributed by atoms with van der Waals surface area (Å²) in [4.78, 5) is 6.20. The van der Waals surface area contributed by atoms with E-state index < -0.39 is 0 Å². The maximum absolute atomic E-state index is 8.81. The molecule has 0 aliphatic carbocycles. The van der Waals surface area contributed by atoms with E-state index in [9.17, 15) is 0 Å².